The second-order valence-corrected chi connectivity index (χ2v) is 3.00. The third kappa shape index (κ3) is 117. The molecule has 0 N–H and O–H groups in total. The van der Waals surface area contributed by atoms with Crippen LogP contribution in [0.1, 0.15) is 1.43 Å². The van der Waals surface area contributed by atoms with Gasteiger partial charge in [-0.15, -0.1) is 0 Å². The first-order valence-corrected chi connectivity index (χ1v) is 5.14. The molecular formula is C7H10B3F13KO-3. The van der Waals surface area contributed by atoms with Gasteiger partial charge in [0.2, 0.25) is 0 Å². The molecule has 25 heavy (non-hydrogen) atoms. The zero-order valence-corrected chi connectivity index (χ0v) is 15.6. The van der Waals surface area contributed by atoms with E-state index in [-0.39, 0.29) is 57.5 Å². The second kappa shape index (κ2) is 17.4. The van der Waals surface area contributed by atoms with E-state index < -0.39 is 21.8 Å². The average molecular weight is 429 g/mol. The van der Waals surface area contributed by atoms with Crippen molar-refractivity contribution in [2.75, 3.05) is 7.11 Å². The summed E-state index contributed by atoms with van der Waals surface area (Å²) in [5, 5.41) is 0. The van der Waals surface area contributed by atoms with Crippen molar-refractivity contribution in [3.63, 3.8) is 0 Å². The summed E-state index contributed by atoms with van der Waals surface area (Å²) >= 11 is 0. The minimum absolute atomic E-state index is 0. The number of halogens is 13. The Morgan fingerprint density at radius 2 is 0.840 bits per heavy atom. The van der Waals surface area contributed by atoms with Crippen LogP contribution in [0.5, 0.6) is 5.75 Å². The Kier molecular flexibility index (Phi) is 25.0. The van der Waals surface area contributed by atoms with E-state index in [1.807, 2.05) is 30.3 Å². The summed E-state index contributed by atoms with van der Waals surface area (Å²) in [5.74, 6) is 0.910. The van der Waals surface area contributed by atoms with Crippen LogP contribution < -0.4 is 56.1 Å². The van der Waals surface area contributed by atoms with Gasteiger partial charge in [0.15, 0.2) is 0 Å². The Bertz CT molecular complexity index is 342. The topological polar surface area (TPSA) is 9.23 Å². The van der Waals surface area contributed by atoms with Crippen LogP contribution in [0, 0.1) is 0 Å². The maximum atomic E-state index is 9.75. The quantitative estimate of drug-likeness (QED) is 0.494. The molecule has 148 valence electrons. The monoisotopic (exact) mass is 429 g/mol. The van der Waals surface area contributed by atoms with E-state index in [2.05, 4.69) is 0 Å². The van der Waals surface area contributed by atoms with Gasteiger partial charge in [0.25, 0.3) is 0 Å². The van der Waals surface area contributed by atoms with Gasteiger partial charge in [0.05, 0.1) is 7.11 Å². The summed E-state index contributed by atoms with van der Waals surface area (Å²) in [6.07, 6.45) is 0. The Morgan fingerprint density at radius 1 is 0.640 bits per heavy atom. The van der Waals surface area contributed by atoms with Crippen molar-refractivity contribution in [3.8, 4) is 5.75 Å². The molecule has 0 fully saturated rings. The van der Waals surface area contributed by atoms with Gasteiger partial charge in [-0.1, -0.05) is 18.2 Å². The molecule has 0 amide bonds. The number of para-hydroxylation sites is 1. The van der Waals surface area contributed by atoms with Crippen LogP contribution in [0.3, 0.4) is 0 Å². The normalized spacial score (nSPS) is 9.96. The molecule has 0 aromatic heterocycles. The molecule has 0 saturated heterocycles. The predicted molar refractivity (Wildman–Crippen MR) is 67.2 cm³/mol. The van der Waals surface area contributed by atoms with Crippen LogP contribution in [0.2, 0.25) is 0 Å². The predicted octanol–water partition coefficient (Wildman–Crippen LogP) is 2.86. The Labute approximate surface area is 178 Å². The van der Waals surface area contributed by atoms with Crippen LogP contribution in [0.4, 0.5) is 56.5 Å². The third-order valence-corrected chi connectivity index (χ3v) is 0.979. The summed E-state index contributed by atoms with van der Waals surface area (Å²) in [5.41, 5.74) is 0. The first-order valence-electron chi connectivity index (χ1n) is 5.14. The van der Waals surface area contributed by atoms with Gasteiger partial charge in [-0.3, -0.25) is 4.70 Å². The van der Waals surface area contributed by atoms with Crippen molar-refractivity contribution in [2.45, 2.75) is 0 Å². The molecule has 1 rings (SSSR count). The summed E-state index contributed by atoms with van der Waals surface area (Å²) in [4.78, 5) is 0. The second-order valence-electron chi connectivity index (χ2n) is 3.00. The minimum atomic E-state index is -6.00. The van der Waals surface area contributed by atoms with Crippen molar-refractivity contribution in [3.05, 3.63) is 30.3 Å². The molecule has 0 heterocycles. The van der Waals surface area contributed by atoms with Gasteiger partial charge >= 0.3 is 73.1 Å². The molecule has 0 aliphatic carbocycles. The van der Waals surface area contributed by atoms with Gasteiger partial charge in [-0.25, -0.2) is 0 Å². The van der Waals surface area contributed by atoms with Gasteiger partial charge in [0, 0.05) is 0 Å². The van der Waals surface area contributed by atoms with E-state index in [9.17, 15) is 51.8 Å². The molecule has 0 aliphatic heterocycles. The van der Waals surface area contributed by atoms with Crippen molar-refractivity contribution in [2.24, 2.45) is 0 Å². The summed E-state index contributed by atoms with van der Waals surface area (Å²) < 4.78 is 122. The van der Waals surface area contributed by atoms with E-state index >= 15 is 0 Å². The fraction of sp³-hybridized carbons (Fsp3) is 0.143. The molecule has 1 aromatic rings. The van der Waals surface area contributed by atoms with Crippen molar-refractivity contribution in [1.82, 2.24) is 0 Å². The molecule has 0 bridgehead atoms. The number of hydrogen-bond acceptors (Lipinski definition) is 1. The summed E-state index contributed by atoms with van der Waals surface area (Å²) in [6.45, 7) is 0. The molecule has 18 heteroatoms. The third-order valence-electron chi connectivity index (χ3n) is 0.979. The average Bonchev–Trinajstić information content (AvgIpc) is 2.23. The van der Waals surface area contributed by atoms with E-state index in [1.54, 1.807) is 7.11 Å². The molecule has 1 aromatic carbocycles. The SMILES string of the molecule is COc1ccccc1.F.F[B-](F)(F)F.F[B-](F)(F)F.F[B-](F)(F)F.[H-].[K+]. The first-order chi connectivity index (χ1) is 9.93. The number of hydrogen-bond donors (Lipinski definition) is 0. The van der Waals surface area contributed by atoms with E-state index in [4.69, 9.17) is 4.74 Å². The van der Waals surface area contributed by atoms with Gasteiger partial charge in [-0.2, -0.15) is 0 Å². The number of benzene rings is 1. The van der Waals surface area contributed by atoms with Gasteiger partial charge < -0.3 is 58.0 Å². The standard InChI is InChI=1S/C7H8O.3BF4.FH.K.H/c1-8-7-5-3-2-4-6-7;3*2-1(3,4)5;;;/h2-6H,1H3;;;;1H;;/q;3*-1;;+1;-1. The number of rotatable bonds is 1. The zero-order valence-electron chi connectivity index (χ0n) is 13.5. The molecule has 0 atom stereocenters. The Hall–Kier alpha value is -0.0588. The largest absolute Gasteiger partial charge is 1.00 e. The maximum Gasteiger partial charge on any atom is 1.00 e. The Balaban J connectivity index is -0.0000000508. The molecule has 0 unspecified atom stereocenters. The van der Waals surface area contributed by atoms with Crippen molar-refractivity contribution in [1.29, 1.82) is 0 Å². The minimum Gasteiger partial charge on any atom is -1.00 e. The zero-order chi connectivity index (χ0) is 19.3. The molecular weight excluding hydrogens is 419 g/mol. The van der Waals surface area contributed by atoms with Crippen LogP contribution in [0.25, 0.3) is 0 Å². The van der Waals surface area contributed by atoms with Crippen molar-refractivity contribution >= 4 is 21.8 Å². The smallest absolute Gasteiger partial charge is 1.00 e. The van der Waals surface area contributed by atoms with Crippen molar-refractivity contribution < 1.29 is 114 Å². The van der Waals surface area contributed by atoms with Crippen LogP contribution in [-0.4, -0.2) is 28.9 Å². The van der Waals surface area contributed by atoms with E-state index in [0.717, 1.165) is 5.75 Å². The van der Waals surface area contributed by atoms with Crippen LogP contribution >= 0.6 is 0 Å². The molecule has 1 nitrogen and oxygen atoms in total. The summed E-state index contributed by atoms with van der Waals surface area (Å²) in [6, 6.07) is 9.68. The van der Waals surface area contributed by atoms with Crippen LogP contribution in [0.15, 0.2) is 30.3 Å². The molecule has 0 aliphatic rings. The maximum absolute atomic E-state index is 9.75. The Morgan fingerprint density at radius 3 is 0.960 bits per heavy atom. The van der Waals surface area contributed by atoms with E-state index in [1.165, 1.54) is 0 Å². The summed E-state index contributed by atoms with van der Waals surface area (Å²) in [7, 11) is -16.3. The molecule has 0 spiro atoms. The number of methoxy groups -OCH3 is 1. The molecule has 0 radical (unpaired) electrons. The molecule has 0 saturated carbocycles. The van der Waals surface area contributed by atoms with Gasteiger partial charge in [0.1, 0.15) is 5.75 Å². The van der Waals surface area contributed by atoms with Crippen LogP contribution in [-0.2, 0) is 0 Å². The fourth-order valence-corrected chi connectivity index (χ4v) is 0.557. The fourth-order valence-electron chi connectivity index (χ4n) is 0.557. The first kappa shape index (κ1) is 36.0. The van der Waals surface area contributed by atoms with Gasteiger partial charge in [-0.05, 0) is 12.1 Å². The number of ether oxygens (including phenoxy) is 1. The van der Waals surface area contributed by atoms with E-state index in [0.29, 0.717) is 0 Å².